The summed E-state index contributed by atoms with van der Waals surface area (Å²) >= 11 is 0. The molecule has 4 rings (SSSR count). The lowest BCUT2D eigenvalue weighted by atomic mass is 9.94. The van der Waals surface area contributed by atoms with Gasteiger partial charge in [0, 0.05) is 13.1 Å². The molecule has 2 aromatic carbocycles. The van der Waals surface area contributed by atoms with Gasteiger partial charge in [-0.2, -0.15) is 0 Å². The van der Waals surface area contributed by atoms with E-state index in [1.807, 2.05) is 69.3 Å². The molecule has 176 valence electrons. The minimum atomic E-state index is -0.670. The molecule has 1 aliphatic carbocycles. The summed E-state index contributed by atoms with van der Waals surface area (Å²) in [4.78, 5) is 27.8. The maximum absolute atomic E-state index is 13.5. The number of amides is 2. The number of nitrogens with zero attached hydrogens (tertiary/aromatic N) is 1. The van der Waals surface area contributed by atoms with Gasteiger partial charge in [0.05, 0.1) is 5.41 Å². The maximum Gasteiger partial charge on any atom is 0.417 e. The molecule has 2 aliphatic rings. The first-order valence-electron chi connectivity index (χ1n) is 11.5. The zero-order chi connectivity index (χ0) is 23.5. The van der Waals surface area contributed by atoms with Gasteiger partial charge < -0.3 is 19.5 Å². The Morgan fingerprint density at radius 1 is 1.06 bits per heavy atom. The van der Waals surface area contributed by atoms with Crippen LogP contribution in [0.3, 0.4) is 0 Å². The van der Waals surface area contributed by atoms with Crippen LogP contribution in [0.1, 0.15) is 51.2 Å². The van der Waals surface area contributed by atoms with Crippen LogP contribution in [0.5, 0.6) is 11.5 Å². The molecule has 7 heteroatoms. The summed E-state index contributed by atoms with van der Waals surface area (Å²) in [7, 11) is 0. The molecule has 0 saturated heterocycles. The van der Waals surface area contributed by atoms with Gasteiger partial charge in [-0.05, 0) is 69.8 Å². The topological polar surface area (TPSA) is 77.1 Å². The first kappa shape index (κ1) is 23.1. The van der Waals surface area contributed by atoms with Crippen molar-refractivity contribution in [3.63, 3.8) is 0 Å². The van der Waals surface area contributed by atoms with E-state index in [9.17, 15) is 9.59 Å². The van der Waals surface area contributed by atoms with E-state index in [1.165, 1.54) is 4.90 Å². The van der Waals surface area contributed by atoms with Crippen LogP contribution in [0.25, 0.3) is 0 Å². The fourth-order valence-corrected chi connectivity index (χ4v) is 4.01. The highest BCUT2D eigenvalue weighted by molar-refractivity contribution is 6.00. The van der Waals surface area contributed by atoms with Crippen molar-refractivity contribution in [1.29, 1.82) is 0 Å². The number of nitrogens with one attached hydrogen (secondary N) is 1. The minimum Gasteiger partial charge on any atom is -0.454 e. The number of hydrogen-bond donors (Lipinski definition) is 1. The Balaban J connectivity index is 1.36. The maximum atomic E-state index is 13.5. The molecule has 2 aromatic rings. The first-order valence-corrected chi connectivity index (χ1v) is 11.5. The number of imide groups is 1. The predicted octanol–water partition coefficient (Wildman–Crippen LogP) is 4.39. The van der Waals surface area contributed by atoms with Crippen molar-refractivity contribution in [2.45, 2.75) is 57.6 Å². The van der Waals surface area contributed by atoms with Gasteiger partial charge in [0.1, 0.15) is 5.60 Å². The minimum absolute atomic E-state index is 0.168. The largest absolute Gasteiger partial charge is 0.454 e. The summed E-state index contributed by atoms with van der Waals surface area (Å²) in [6, 6.07) is 15.6. The van der Waals surface area contributed by atoms with Crippen LogP contribution < -0.4 is 14.8 Å². The first-order chi connectivity index (χ1) is 15.8. The quantitative estimate of drug-likeness (QED) is 0.599. The highest BCUT2D eigenvalue weighted by Gasteiger charge is 2.54. The van der Waals surface area contributed by atoms with Gasteiger partial charge in [-0.25, -0.2) is 9.69 Å². The Kier molecular flexibility index (Phi) is 6.61. The number of carbonyl (C=O) groups is 2. The Bertz CT molecular complexity index is 995. The number of rotatable bonds is 8. The van der Waals surface area contributed by atoms with E-state index in [4.69, 9.17) is 14.2 Å². The molecule has 0 atom stereocenters. The van der Waals surface area contributed by atoms with Crippen molar-refractivity contribution in [1.82, 2.24) is 10.2 Å². The number of fused-ring (bicyclic) bond motifs is 1. The molecule has 0 aromatic heterocycles. The van der Waals surface area contributed by atoms with E-state index in [-0.39, 0.29) is 12.7 Å². The summed E-state index contributed by atoms with van der Waals surface area (Å²) in [6.07, 6.45) is 1.54. The van der Waals surface area contributed by atoms with Crippen LogP contribution in [0.15, 0.2) is 48.5 Å². The monoisotopic (exact) mass is 452 g/mol. The van der Waals surface area contributed by atoms with Crippen LogP contribution in [-0.2, 0) is 21.5 Å². The van der Waals surface area contributed by atoms with Gasteiger partial charge in [0.15, 0.2) is 11.5 Å². The molecule has 33 heavy (non-hydrogen) atoms. The summed E-state index contributed by atoms with van der Waals surface area (Å²) in [5.41, 5.74) is 0.763. The Hall–Kier alpha value is -3.06. The van der Waals surface area contributed by atoms with Gasteiger partial charge in [0.2, 0.25) is 12.7 Å². The van der Waals surface area contributed by atoms with Crippen LogP contribution in [0.2, 0.25) is 0 Å². The molecular formula is C26H32N2O5. The molecule has 0 bridgehead atoms. The Labute approximate surface area is 195 Å². The fourth-order valence-electron chi connectivity index (χ4n) is 4.01. The molecular weight excluding hydrogens is 420 g/mol. The third-order valence-electron chi connectivity index (χ3n) is 5.85. The summed E-state index contributed by atoms with van der Waals surface area (Å²) in [5.74, 6) is 1.35. The lowest BCUT2D eigenvalue weighted by Crippen LogP contribution is -2.46. The summed E-state index contributed by atoms with van der Waals surface area (Å²) in [5, 5.41) is 3.37. The zero-order valence-electron chi connectivity index (χ0n) is 19.6. The molecule has 1 saturated carbocycles. The van der Waals surface area contributed by atoms with Gasteiger partial charge in [-0.3, -0.25) is 4.79 Å². The summed E-state index contributed by atoms with van der Waals surface area (Å²) in [6.45, 7) is 7.30. The second-order valence-electron chi connectivity index (χ2n) is 9.60. The highest BCUT2D eigenvalue weighted by Crippen LogP contribution is 2.49. The van der Waals surface area contributed by atoms with E-state index in [1.54, 1.807) is 0 Å². The molecule has 2 amide bonds. The van der Waals surface area contributed by atoms with Gasteiger partial charge in [-0.15, -0.1) is 0 Å². The molecule has 0 radical (unpaired) electrons. The van der Waals surface area contributed by atoms with Crippen LogP contribution >= 0.6 is 0 Å². The average molecular weight is 453 g/mol. The Morgan fingerprint density at radius 3 is 2.48 bits per heavy atom. The summed E-state index contributed by atoms with van der Waals surface area (Å²) < 4.78 is 16.3. The van der Waals surface area contributed by atoms with Crippen molar-refractivity contribution < 1.29 is 23.8 Å². The highest BCUT2D eigenvalue weighted by atomic mass is 16.7. The lowest BCUT2D eigenvalue weighted by Gasteiger charge is -2.29. The van der Waals surface area contributed by atoms with E-state index < -0.39 is 17.1 Å². The van der Waals surface area contributed by atoms with Crippen molar-refractivity contribution >= 4 is 12.0 Å². The second kappa shape index (κ2) is 9.43. The van der Waals surface area contributed by atoms with Crippen molar-refractivity contribution in [2.75, 3.05) is 19.9 Å². The molecule has 1 fully saturated rings. The number of carbonyl (C=O) groups excluding carboxylic acids is 2. The van der Waals surface area contributed by atoms with Crippen molar-refractivity contribution in [3.8, 4) is 11.5 Å². The SMILES string of the molecule is CC(C)(C)OC(=O)N(CCCNCc1ccc2c(c1)OCO2)C(=O)C1(c2ccccc2)CC1. The van der Waals surface area contributed by atoms with Crippen molar-refractivity contribution in [3.05, 3.63) is 59.7 Å². The smallest absolute Gasteiger partial charge is 0.417 e. The molecule has 1 N–H and O–H groups in total. The van der Waals surface area contributed by atoms with E-state index in [0.717, 1.165) is 35.5 Å². The van der Waals surface area contributed by atoms with Crippen LogP contribution in [0, 0.1) is 0 Å². The van der Waals surface area contributed by atoms with Crippen LogP contribution in [-0.4, -0.2) is 42.4 Å². The molecule has 1 aliphatic heterocycles. The van der Waals surface area contributed by atoms with Gasteiger partial charge >= 0.3 is 6.09 Å². The average Bonchev–Trinajstić information content (AvgIpc) is 3.46. The third-order valence-corrected chi connectivity index (χ3v) is 5.85. The predicted molar refractivity (Wildman–Crippen MR) is 124 cm³/mol. The van der Waals surface area contributed by atoms with E-state index in [2.05, 4.69) is 5.32 Å². The number of ether oxygens (including phenoxy) is 3. The van der Waals surface area contributed by atoms with Gasteiger partial charge in [0.25, 0.3) is 0 Å². The standard InChI is InChI=1S/C26H32N2O5/c1-25(2,3)33-24(30)28(23(29)26(12-13-26)20-8-5-4-6-9-20)15-7-14-27-17-19-10-11-21-22(16-19)32-18-31-21/h4-6,8-11,16,27H,7,12-15,17-18H2,1-3H3. The van der Waals surface area contributed by atoms with E-state index >= 15 is 0 Å². The molecule has 0 unspecified atom stereocenters. The molecule has 1 heterocycles. The fraction of sp³-hybridized carbons (Fsp3) is 0.462. The Morgan fingerprint density at radius 2 is 1.79 bits per heavy atom. The van der Waals surface area contributed by atoms with Gasteiger partial charge in [-0.1, -0.05) is 36.4 Å². The van der Waals surface area contributed by atoms with Crippen LogP contribution in [0.4, 0.5) is 4.79 Å². The number of benzene rings is 2. The number of hydrogen-bond acceptors (Lipinski definition) is 6. The van der Waals surface area contributed by atoms with E-state index in [0.29, 0.717) is 26.1 Å². The third kappa shape index (κ3) is 5.47. The second-order valence-corrected chi connectivity index (χ2v) is 9.60. The molecule has 0 spiro atoms. The molecule has 7 nitrogen and oxygen atoms in total. The lowest BCUT2D eigenvalue weighted by molar-refractivity contribution is -0.133. The normalized spacial score (nSPS) is 15.7. The van der Waals surface area contributed by atoms with Crippen molar-refractivity contribution in [2.24, 2.45) is 0 Å². The zero-order valence-corrected chi connectivity index (χ0v) is 19.6.